The van der Waals surface area contributed by atoms with E-state index in [0.717, 1.165) is 51.7 Å². The molecule has 1 aliphatic carbocycles. The maximum Gasteiger partial charge on any atom is 0.104 e. The summed E-state index contributed by atoms with van der Waals surface area (Å²) in [5, 5.41) is 9.47. The minimum atomic E-state index is -0.0669. The SMILES string of the molecule is OC1CCCC(OCC2CO2)CCC1. The molecule has 3 heteroatoms. The van der Waals surface area contributed by atoms with E-state index < -0.39 is 0 Å². The average Bonchev–Trinajstić information content (AvgIpc) is 2.92. The van der Waals surface area contributed by atoms with Gasteiger partial charge in [0.1, 0.15) is 6.10 Å². The molecule has 2 fully saturated rings. The monoisotopic (exact) mass is 200 g/mol. The van der Waals surface area contributed by atoms with Crippen LogP contribution in [0.15, 0.2) is 0 Å². The molecule has 1 saturated heterocycles. The minimum Gasteiger partial charge on any atom is -0.393 e. The first-order valence-corrected chi connectivity index (χ1v) is 5.76. The van der Waals surface area contributed by atoms with Crippen molar-refractivity contribution in [1.82, 2.24) is 0 Å². The van der Waals surface area contributed by atoms with Gasteiger partial charge in [-0.1, -0.05) is 0 Å². The zero-order chi connectivity index (χ0) is 9.80. The number of hydrogen-bond donors (Lipinski definition) is 1. The Morgan fingerprint density at radius 3 is 2.36 bits per heavy atom. The predicted octanol–water partition coefficient (Wildman–Crippen LogP) is 1.49. The van der Waals surface area contributed by atoms with Crippen LogP contribution in [0.25, 0.3) is 0 Å². The van der Waals surface area contributed by atoms with Crippen molar-refractivity contribution in [2.24, 2.45) is 0 Å². The van der Waals surface area contributed by atoms with Gasteiger partial charge in [-0.15, -0.1) is 0 Å². The van der Waals surface area contributed by atoms with Gasteiger partial charge in [-0.3, -0.25) is 0 Å². The van der Waals surface area contributed by atoms with Gasteiger partial charge < -0.3 is 14.6 Å². The summed E-state index contributed by atoms with van der Waals surface area (Å²) >= 11 is 0. The van der Waals surface area contributed by atoms with Gasteiger partial charge >= 0.3 is 0 Å². The van der Waals surface area contributed by atoms with Crippen molar-refractivity contribution in [3.8, 4) is 0 Å². The molecule has 1 N–H and O–H groups in total. The Balaban J connectivity index is 1.64. The van der Waals surface area contributed by atoms with Crippen molar-refractivity contribution in [3.63, 3.8) is 0 Å². The van der Waals surface area contributed by atoms with Crippen LogP contribution >= 0.6 is 0 Å². The molecule has 0 radical (unpaired) electrons. The molecule has 1 aliphatic heterocycles. The van der Waals surface area contributed by atoms with E-state index in [1.807, 2.05) is 0 Å². The van der Waals surface area contributed by atoms with Gasteiger partial charge in [0.2, 0.25) is 0 Å². The van der Waals surface area contributed by atoms with Gasteiger partial charge in [0, 0.05) is 0 Å². The summed E-state index contributed by atoms with van der Waals surface area (Å²) in [7, 11) is 0. The minimum absolute atomic E-state index is 0.0669. The van der Waals surface area contributed by atoms with Crippen molar-refractivity contribution < 1.29 is 14.6 Å². The molecule has 2 aliphatic rings. The quantitative estimate of drug-likeness (QED) is 0.702. The van der Waals surface area contributed by atoms with Crippen LogP contribution in [0.2, 0.25) is 0 Å². The Kier molecular flexibility index (Phi) is 3.79. The fraction of sp³-hybridized carbons (Fsp3) is 1.00. The number of aliphatic hydroxyl groups excluding tert-OH is 1. The largest absolute Gasteiger partial charge is 0.393 e. The average molecular weight is 200 g/mol. The summed E-state index contributed by atoms with van der Waals surface area (Å²) in [6.07, 6.45) is 7.00. The van der Waals surface area contributed by atoms with Crippen molar-refractivity contribution in [2.75, 3.05) is 13.2 Å². The number of rotatable bonds is 3. The smallest absolute Gasteiger partial charge is 0.104 e. The Labute approximate surface area is 85.4 Å². The first-order chi connectivity index (χ1) is 6.84. The Morgan fingerprint density at radius 2 is 1.79 bits per heavy atom. The summed E-state index contributed by atoms with van der Waals surface area (Å²) < 4.78 is 10.9. The maximum atomic E-state index is 9.47. The molecule has 0 aromatic heterocycles. The standard InChI is InChI=1S/C11H20O3/c12-9-3-1-5-10(6-2-4-9)13-7-11-8-14-11/h9-12H,1-8H2. The van der Waals surface area contributed by atoms with Crippen LogP contribution in [0.4, 0.5) is 0 Å². The van der Waals surface area contributed by atoms with Crippen LogP contribution < -0.4 is 0 Å². The Hall–Kier alpha value is -0.120. The molecule has 1 saturated carbocycles. The molecular weight excluding hydrogens is 180 g/mol. The van der Waals surface area contributed by atoms with Crippen LogP contribution in [-0.2, 0) is 9.47 Å². The summed E-state index contributed by atoms with van der Waals surface area (Å²) in [6, 6.07) is 0. The molecule has 1 unspecified atom stereocenters. The number of hydrogen-bond acceptors (Lipinski definition) is 3. The lowest BCUT2D eigenvalue weighted by molar-refractivity contribution is 0.0170. The molecule has 3 nitrogen and oxygen atoms in total. The summed E-state index contributed by atoms with van der Waals surface area (Å²) in [4.78, 5) is 0. The van der Waals surface area contributed by atoms with E-state index in [1.54, 1.807) is 0 Å². The lowest BCUT2D eigenvalue weighted by Gasteiger charge is -2.22. The molecular formula is C11H20O3. The number of aliphatic hydroxyl groups is 1. The van der Waals surface area contributed by atoms with Gasteiger partial charge in [-0.05, 0) is 38.5 Å². The highest BCUT2D eigenvalue weighted by Gasteiger charge is 2.24. The summed E-state index contributed by atoms with van der Waals surface area (Å²) in [5.74, 6) is 0. The van der Waals surface area contributed by atoms with Crippen LogP contribution in [0.5, 0.6) is 0 Å². The number of epoxide rings is 1. The topological polar surface area (TPSA) is 42.0 Å². The molecule has 0 aromatic rings. The summed E-state index contributed by atoms with van der Waals surface area (Å²) in [6.45, 7) is 1.65. The Bertz CT molecular complexity index is 158. The van der Waals surface area contributed by atoms with Crippen molar-refractivity contribution in [2.45, 2.75) is 56.8 Å². The lowest BCUT2D eigenvalue weighted by atomic mass is 9.97. The van der Waals surface area contributed by atoms with Crippen molar-refractivity contribution >= 4 is 0 Å². The number of ether oxygens (including phenoxy) is 2. The molecule has 0 bridgehead atoms. The van der Waals surface area contributed by atoms with E-state index in [-0.39, 0.29) is 6.10 Å². The third kappa shape index (κ3) is 3.56. The highest BCUT2D eigenvalue weighted by Crippen LogP contribution is 2.21. The molecule has 2 rings (SSSR count). The fourth-order valence-corrected chi connectivity index (χ4v) is 2.03. The van der Waals surface area contributed by atoms with Gasteiger partial charge in [0.05, 0.1) is 25.4 Å². The molecule has 82 valence electrons. The van der Waals surface area contributed by atoms with E-state index in [1.165, 1.54) is 0 Å². The van der Waals surface area contributed by atoms with E-state index in [4.69, 9.17) is 9.47 Å². The highest BCUT2D eigenvalue weighted by atomic mass is 16.6. The first-order valence-electron chi connectivity index (χ1n) is 5.76. The van der Waals surface area contributed by atoms with E-state index in [0.29, 0.717) is 12.2 Å². The zero-order valence-electron chi connectivity index (χ0n) is 8.65. The molecule has 0 amide bonds. The van der Waals surface area contributed by atoms with E-state index >= 15 is 0 Å². The third-order valence-electron chi connectivity index (χ3n) is 3.05. The van der Waals surface area contributed by atoms with Gasteiger partial charge in [-0.2, -0.15) is 0 Å². The highest BCUT2D eigenvalue weighted by molar-refractivity contribution is 4.71. The van der Waals surface area contributed by atoms with Gasteiger partial charge in [-0.25, -0.2) is 0 Å². The van der Waals surface area contributed by atoms with Crippen LogP contribution in [0, 0.1) is 0 Å². The molecule has 1 atom stereocenters. The molecule has 14 heavy (non-hydrogen) atoms. The third-order valence-corrected chi connectivity index (χ3v) is 3.05. The normalized spacial score (nSPS) is 38.8. The molecule has 0 aromatic carbocycles. The van der Waals surface area contributed by atoms with Crippen LogP contribution in [0.1, 0.15) is 38.5 Å². The molecule has 1 heterocycles. The second kappa shape index (κ2) is 5.10. The second-order valence-electron chi connectivity index (χ2n) is 4.43. The molecule has 0 spiro atoms. The van der Waals surface area contributed by atoms with Gasteiger partial charge in [0.15, 0.2) is 0 Å². The second-order valence-corrected chi connectivity index (χ2v) is 4.43. The van der Waals surface area contributed by atoms with Crippen molar-refractivity contribution in [3.05, 3.63) is 0 Å². The zero-order valence-corrected chi connectivity index (χ0v) is 8.65. The Morgan fingerprint density at radius 1 is 1.14 bits per heavy atom. The lowest BCUT2D eigenvalue weighted by Crippen LogP contribution is -2.20. The van der Waals surface area contributed by atoms with Crippen LogP contribution in [-0.4, -0.2) is 36.6 Å². The van der Waals surface area contributed by atoms with Gasteiger partial charge in [0.25, 0.3) is 0 Å². The maximum absolute atomic E-state index is 9.47. The van der Waals surface area contributed by atoms with Crippen molar-refractivity contribution in [1.29, 1.82) is 0 Å². The van der Waals surface area contributed by atoms with E-state index in [9.17, 15) is 5.11 Å². The predicted molar refractivity (Wildman–Crippen MR) is 53.2 cm³/mol. The first kappa shape index (κ1) is 10.4. The summed E-state index contributed by atoms with van der Waals surface area (Å²) in [5.41, 5.74) is 0. The van der Waals surface area contributed by atoms with E-state index in [2.05, 4.69) is 0 Å². The van der Waals surface area contributed by atoms with Crippen LogP contribution in [0.3, 0.4) is 0 Å². The fourth-order valence-electron chi connectivity index (χ4n) is 2.03.